The number of hydrogen-bond donors (Lipinski definition) is 0. The minimum absolute atomic E-state index is 0.172. The molecule has 0 aliphatic carbocycles. The molecule has 2 aromatic rings. The Labute approximate surface area is 116 Å². The highest BCUT2D eigenvalue weighted by molar-refractivity contribution is 5.82. The van der Waals surface area contributed by atoms with Crippen molar-refractivity contribution in [3.8, 4) is 5.75 Å². The first-order valence-corrected chi connectivity index (χ1v) is 6.35. The summed E-state index contributed by atoms with van der Waals surface area (Å²) in [4.78, 5) is 22.8. The third-order valence-corrected chi connectivity index (χ3v) is 3.09. The van der Waals surface area contributed by atoms with E-state index >= 15 is 0 Å². The van der Waals surface area contributed by atoms with E-state index in [1.54, 1.807) is 32.0 Å². The van der Waals surface area contributed by atoms with Crippen LogP contribution in [0.4, 0.5) is 0 Å². The first-order valence-electron chi connectivity index (χ1n) is 6.35. The molecule has 106 valence electrons. The van der Waals surface area contributed by atoms with E-state index in [0.717, 1.165) is 10.9 Å². The lowest BCUT2D eigenvalue weighted by Gasteiger charge is -2.08. The van der Waals surface area contributed by atoms with Gasteiger partial charge in [-0.1, -0.05) is 0 Å². The predicted octanol–water partition coefficient (Wildman–Crippen LogP) is 2.35. The van der Waals surface area contributed by atoms with Gasteiger partial charge in [-0.05, 0) is 38.5 Å². The van der Waals surface area contributed by atoms with Crippen molar-refractivity contribution < 1.29 is 18.7 Å². The quantitative estimate of drug-likeness (QED) is 0.633. The minimum Gasteiger partial charge on any atom is -0.482 e. The Kier molecular flexibility index (Phi) is 4.08. The van der Waals surface area contributed by atoms with Crippen molar-refractivity contribution in [2.24, 2.45) is 0 Å². The average Bonchev–Trinajstić information content (AvgIpc) is 2.43. The van der Waals surface area contributed by atoms with E-state index in [-0.39, 0.29) is 12.2 Å². The second-order valence-corrected chi connectivity index (χ2v) is 4.39. The molecule has 0 aliphatic rings. The Hall–Kier alpha value is -2.30. The number of ether oxygens (including phenoxy) is 2. The Morgan fingerprint density at radius 1 is 1.25 bits per heavy atom. The Bertz CT molecular complexity index is 699. The molecule has 0 bridgehead atoms. The Morgan fingerprint density at radius 2 is 2.00 bits per heavy atom. The van der Waals surface area contributed by atoms with E-state index in [1.807, 2.05) is 6.92 Å². The molecule has 0 N–H and O–H groups in total. The minimum atomic E-state index is -0.436. The molecule has 5 heteroatoms. The van der Waals surface area contributed by atoms with Crippen molar-refractivity contribution in [1.82, 2.24) is 0 Å². The maximum Gasteiger partial charge on any atom is 0.344 e. The summed E-state index contributed by atoms with van der Waals surface area (Å²) < 4.78 is 15.3. The van der Waals surface area contributed by atoms with Crippen LogP contribution in [-0.2, 0) is 9.53 Å². The highest BCUT2D eigenvalue weighted by Crippen LogP contribution is 2.23. The molecule has 0 saturated carbocycles. The van der Waals surface area contributed by atoms with Gasteiger partial charge < -0.3 is 13.9 Å². The molecule has 0 aliphatic heterocycles. The molecule has 0 fully saturated rings. The van der Waals surface area contributed by atoms with Crippen molar-refractivity contribution in [2.45, 2.75) is 20.8 Å². The fourth-order valence-corrected chi connectivity index (χ4v) is 1.86. The number of carbonyl (C=O) groups excluding carboxylic acids is 1. The summed E-state index contributed by atoms with van der Waals surface area (Å²) in [6, 6.07) is 5.14. The summed E-state index contributed by atoms with van der Waals surface area (Å²) in [6.45, 7) is 5.47. The van der Waals surface area contributed by atoms with Gasteiger partial charge in [-0.3, -0.25) is 0 Å². The molecule has 0 radical (unpaired) electrons. The van der Waals surface area contributed by atoms with Gasteiger partial charge in [0.25, 0.3) is 0 Å². The van der Waals surface area contributed by atoms with E-state index < -0.39 is 5.97 Å². The van der Waals surface area contributed by atoms with E-state index in [0.29, 0.717) is 23.5 Å². The monoisotopic (exact) mass is 276 g/mol. The zero-order valence-electron chi connectivity index (χ0n) is 11.7. The maximum atomic E-state index is 11.6. The largest absolute Gasteiger partial charge is 0.482 e. The van der Waals surface area contributed by atoms with Gasteiger partial charge in [-0.2, -0.15) is 0 Å². The molecule has 0 atom stereocenters. The molecule has 0 unspecified atom stereocenters. The summed E-state index contributed by atoms with van der Waals surface area (Å²) >= 11 is 0. The van der Waals surface area contributed by atoms with E-state index in [2.05, 4.69) is 0 Å². The van der Waals surface area contributed by atoms with Gasteiger partial charge in [0.2, 0.25) is 0 Å². The molecule has 0 spiro atoms. The SMILES string of the molecule is CCOC(=O)COc1ccc2c(C)c(C)c(=O)oc2c1. The van der Waals surface area contributed by atoms with Gasteiger partial charge in [0, 0.05) is 17.0 Å². The Balaban J connectivity index is 2.28. The molecule has 1 aromatic carbocycles. The van der Waals surface area contributed by atoms with Crippen molar-refractivity contribution in [2.75, 3.05) is 13.2 Å². The van der Waals surface area contributed by atoms with Gasteiger partial charge in [0.15, 0.2) is 6.61 Å². The average molecular weight is 276 g/mol. The van der Waals surface area contributed by atoms with Crippen molar-refractivity contribution >= 4 is 16.9 Å². The number of benzene rings is 1. The highest BCUT2D eigenvalue weighted by atomic mass is 16.6. The second kappa shape index (κ2) is 5.77. The number of rotatable bonds is 4. The van der Waals surface area contributed by atoms with E-state index in [9.17, 15) is 9.59 Å². The second-order valence-electron chi connectivity index (χ2n) is 4.39. The smallest absolute Gasteiger partial charge is 0.344 e. The zero-order chi connectivity index (χ0) is 14.7. The number of hydrogen-bond acceptors (Lipinski definition) is 5. The van der Waals surface area contributed by atoms with Crippen LogP contribution in [0, 0.1) is 13.8 Å². The topological polar surface area (TPSA) is 65.7 Å². The zero-order valence-corrected chi connectivity index (χ0v) is 11.7. The van der Waals surface area contributed by atoms with E-state index in [4.69, 9.17) is 13.9 Å². The van der Waals surface area contributed by atoms with Crippen LogP contribution >= 0.6 is 0 Å². The van der Waals surface area contributed by atoms with Gasteiger partial charge in [-0.15, -0.1) is 0 Å². The van der Waals surface area contributed by atoms with Crippen LogP contribution in [0.2, 0.25) is 0 Å². The van der Waals surface area contributed by atoms with Crippen LogP contribution in [0.15, 0.2) is 27.4 Å². The number of carbonyl (C=O) groups is 1. The predicted molar refractivity (Wildman–Crippen MR) is 74.1 cm³/mol. The van der Waals surface area contributed by atoms with Crippen LogP contribution in [-0.4, -0.2) is 19.2 Å². The standard InChI is InChI=1S/C15H16O5/c1-4-18-14(16)8-19-11-5-6-12-9(2)10(3)15(17)20-13(12)7-11/h5-7H,4,8H2,1-3H3. The normalized spacial score (nSPS) is 10.6. The van der Waals surface area contributed by atoms with Crippen LogP contribution < -0.4 is 10.4 Å². The summed E-state index contributed by atoms with van der Waals surface area (Å²) in [5.74, 6) is 0.0195. The first kappa shape index (κ1) is 14.1. The van der Waals surface area contributed by atoms with Crippen LogP contribution in [0.3, 0.4) is 0 Å². The molecule has 1 aromatic heterocycles. The molecule has 1 heterocycles. The molecule has 5 nitrogen and oxygen atoms in total. The van der Waals surface area contributed by atoms with Crippen molar-refractivity contribution in [3.63, 3.8) is 0 Å². The first-order chi connectivity index (χ1) is 9.52. The highest BCUT2D eigenvalue weighted by Gasteiger charge is 2.09. The van der Waals surface area contributed by atoms with Crippen molar-refractivity contribution in [3.05, 3.63) is 39.7 Å². The fraction of sp³-hybridized carbons (Fsp3) is 0.333. The summed E-state index contributed by atoms with van der Waals surface area (Å²) in [7, 11) is 0. The summed E-state index contributed by atoms with van der Waals surface area (Å²) in [5, 5.41) is 0.852. The maximum absolute atomic E-state index is 11.6. The molecule has 0 saturated heterocycles. The number of esters is 1. The molecule has 2 rings (SSSR count). The van der Waals surface area contributed by atoms with Gasteiger partial charge >= 0.3 is 11.6 Å². The van der Waals surface area contributed by atoms with E-state index in [1.165, 1.54) is 0 Å². The third kappa shape index (κ3) is 2.82. The molecule has 20 heavy (non-hydrogen) atoms. The summed E-state index contributed by atoms with van der Waals surface area (Å²) in [6.07, 6.45) is 0. The van der Waals surface area contributed by atoms with Crippen LogP contribution in [0.1, 0.15) is 18.1 Å². The fourth-order valence-electron chi connectivity index (χ4n) is 1.86. The van der Waals surface area contributed by atoms with Gasteiger partial charge in [0.1, 0.15) is 11.3 Å². The number of aryl methyl sites for hydroxylation is 1. The lowest BCUT2D eigenvalue weighted by molar-refractivity contribution is -0.145. The molecular formula is C15H16O5. The summed E-state index contributed by atoms with van der Waals surface area (Å²) in [5.41, 5.74) is 1.56. The van der Waals surface area contributed by atoms with Crippen LogP contribution in [0.5, 0.6) is 5.75 Å². The van der Waals surface area contributed by atoms with Gasteiger partial charge in [-0.25, -0.2) is 9.59 Å². The number of fused-ring (bicyclic) bond motifs is 1. The lowest BCUT2D eigenvalue weighted by Crippen LogP contribution is -2.14. The Morgan fingerprint density at radius 3 is 2.70 bits per heavy atom. The lowest BCUT2D eigenvalue weighted by atomic mass is 10.1. The third-order valence-electron chi connectivity index (χ3n) is 3.09. The van der Waals surface area contributed by atoms with Gasteiger partial charge in [0.05, 0.1) is 6.61 Å². The molecule has 0 amide bonds. The molecular weight excluding hydrogens is 260 g/mol. The van der Waals surface area contributed by atoms with Crippen molar-refractivity contribution in [1.29, 1.82) is 0 Å². The van der Waals surface area contributed by atoms with Crippen LogP contribution in [0.25, 0.3) is 11.0 Å².